The smallest absolute Gasteiger partial charge is 0.208 e. The molecule has 4 aromatic rings. The first-order valence-corrected chi connectivity index (χ1v) is 20.6. The molecule has 4 heterocycles. The molecule has 0 radical (unpaired) electrons. The minimum atomic E-state index is -3.36. The molecule has 0 bridgehead atoms. The standard InChI is InChI=1S/2C18H20F2N2O4S/c2*1-27(23,24)22-17-6-7-25-10-13(17)11-26-18-5-2-12(8-15(18)20)16-4-3-14(19)9-21-16/h2*2-5,8-9,13,17,22H,6-7,10-11H2,1H3/t13-,17+;/m0./s1. The number of hydrogen-bond acceptors (Lipinski definition) is 10. The van der Waals surface area contributed by atoms with E-state index in [1.54, 1.807) is 12.1 Å². The summed E-state index contributed by atoms with van der Waals surface area (Å²) in [5.74, 6) is -2.46. The summed E-state index contributed by atoms with van der Waals surface area (Å²) in [6.45, 7) is 1.78. The van der Waals surface area contributed by atoms with Crippen LogP contribution in [0.25, 0.3) is 22.5 Å². The summed E-state index contributed by atoms with van der Waals surface area (Å²) in [6, 6.07) is 13.5. The van der Waals surface area contributed by atoms with Crippen LogP contribution in [0.3, 0.4) is 0 Å². The van der Waals surface area contributed by atoms with Crippen molar-refractivity contribution in [2.75, 3.05) is 52.2 Å². The molecular formula is C36H40F4N4O8S2. The summed E-state index contributed by atoms with van der Waals surface area (Å²) in [6.07, 6.45) is 5.38. The van der Waals surface area contributed by atoms with E-state index in [2.05, 4.69) is 19.4 Å². The van der Waals surface area contributed by atoms with Crippen molar-refractivity contribution in [3.05, 3.63) is 96.3 Å². The quantitative estimate of drug-likeness (QED) is 0.193. The van der Waals surface area contributed by atoms with E-state index >= 15 is 0 Å². The van der Waals surface area contributed by atoms with Gasteiger partial charge < -0.3 is 18.9 Å². The third-order valence-corrected chi connectivity index (χ3v) is 9.96. The molecule has 0 amide bonds. The summed E-state index contributed by atoms with van der Waals surface area (Å²) >= 11 is 0. The highest BCUT2D eigenvalue weighted by Gasteiger charge is 2.30. The lowest BCUT2D eigenvalue weighted by Crippen LogP contribution is -2.47. The molecular weight excluding hydrogens is 757 g/mol. The summed E-state index contributed by atoms with van der Waals surface area (Å²) in [7, 11) is -6.71. The first kappa shape index (κ1) is 41.0. The third kappa shape index (κ3) is 12.4. The number of sulfonamides is 2. The molecule has 4 atom stereocenters. The van der Waals surface area contributed by atoms with Crippen LogP contribution in [0.2, 0.25) is 0 Å². The Morgan fingerprint density at radius 1 is 0.648 bits per heavy atom. The van der Waals surface area contributed by atoms with E-state index in [9.17, 15) is 34.4 Å². The fraction of sp³-hybridized carbons (Fsp3) is 0.389. The van der Waals surface area contributed by atoms with E-state index in [-0.39, 0.29) is 48.6 Å². The van der Waals surface area contributed by atoms with Crippen molar-refractivity contribution in [3.8, 4) is 34.0 Å². The number of pyridine rings is 2. The summed E-state index contributed by atoms with van der Waals surface area (Å²) < 4.78 is 128. The number of rotatable bonds is 12. The van der Waals surface area contributed by atoms with Crippen LogP contribution in [0.15, 0.2) is 73.1 Å². The Hall–Kier alpha value is -4.20. The largest absolute Gasteiger partial charge is 0.490 e. The molecule has 54 heavy (non-hydrogen) atoms. The van der Waals surface area contributed by atoms with Gasteiger partial charge >= 0.3 is 0 Å². The second-order valence-electron chi connectivity index (χ2n) is 12.9. The van der Waals surface area contributed by atoms with Gasteiger partial charge in [0.25, 0.3) is 0 Å². The normalized spacial score (nSPS) is 20.4. The molecule has 12 nitrogen and oxygen atoms in total. The SMILES string of the molecule is CS(=O)(=O)NC1CCOCC1COc1ccc(-c2ccc(F)cn2)cc1F.CS(=O)(=O)N[C@@H]1CCOC[C@H]1COc1ccc(-c2ccc(F)cn2)cc1F. The van der Waals surface area contributed by atoms with Gasteiger partial charge in [-0.2, -0.15) is 0 Å². The highest BCUT2D eigenvalue weighted by Crippen LogP contribution is 2.28. The fourth-order valence-corrected chi connectivity index (χ4v) is 7.54. The van der Waals surface area contributed by atoms with E-state index in [0.717, 1.165) is 24.9 Å². The monoisotopic (exact) mass is 796 g/mol. The van der Waals surface area contributed by atoms with Crippen LogP contribution in [0.1, 0.15) is 12.8 Å². The van der Waals surface area contributed by atoms with Crippen molar-refractivity contribution in [1.82, 2.24) is 19.4 Å². The zero-order chi connectivity index (χ0) is 38.9. The van der Waals surface area contributed by atoms with E-state index in [1.807, 2.05) is 0 Å². The minimum absolute atomic E-state index is 0.0459. The molecule has 2 aliphatic rings. The van der Waals surface area contributed by atoms with Crippen LogP contribution in [0, 0.1) is 35.1 Å². The van der Waals surface area contributed by atoms with Crippen molar-refractivity contribution in [1.29, 1.82) is 0 Å². The molecule has 18 heteroatoms. The topological polar surface area (TPSA) is 155 Å². The lowest BCUT2D eigenvalue weighted by atomic mass is 9.98. The van der Waals surface area contributed by atoms with Crippen LogP contribution in [0.5, 0.6) is 11.5 Å². The highest BCUT2D eigenvalue weighted by molar-refractivity contribution is 7.89. The Labute approximate surface area is 311 Å². The predicted molar refractivity (Wildman–Crippen MR) is 192 cm³/mol. The van der Waals surface area contributed by atoms with Gasteiger partial charge in [0, 0.05) is 48.3 Å². The number of halogens is 4. The number of hydrogen-bond donors (Lipinski definition) is 2. The predicted octanol–water partition coefficient (Wildman–Crippen LogP) is 4.72. The zero-order valence-electron chi connectivity index (χ0n) is 29.4. The maximum atomic E-state index is 14.4. The molecule has 292 valence electrons. The van der Waals surface area contributed by atoms with Crippen molar-refractivity contribution < 1.29 is 53.3 Å². The van der Waals surface area contributed by atoms with Gasteiger partial charge in [-0.05, 0) is 73.5 Å². The first-order valence-electron chi connectivity index (χ1n) is 16.8. The molecule has 2 saturated heterocycles. The molecule has 0 spiro atoms. The van der Waals surface area contributed by atoms with Crippen LogP contribution in [-0.2, 0) is 29.5 Å². The average Bonchev–Trinajstić information content (AvgIpc) is 3.11. The maximum Gasteiger partial charge on any atom is 0.208 e. The van der Waals surface area contributed by atoms with Gasteiger partial charge in [0.2, 0.25) is 20.0 Å². The van der Waals surface area contributed by atoms with Gasteiger partial charge in [-0.25, -0.2) is 43.8 Å². The number of nitrogens with zero attached hydrogens (tertiary/aromatic N) is 2. The van der Waals surface area contributed by atoms with E-state index < -0.39 is 43.3 Å². The molecule has 0 aliphatic carbocycles. The van der Waals surface area contributed by atoms with Crippen LogP contribution < -0.4 is 18.9 Å². The van der Waals surface area contributed by atoms with Crippen molar-refractivity contribution in [2.24, 2.45) is 11.8 Å². The molecule has 2 fully saturated rings. The number of aromatic nitrogens is 2. The van der Waals surface area contributed by atoms with Crippen molar-refractivity contribution in [2.45, 2.75) is 24.9 Å². The number of benzene rings is 2. The summed E-state index contributed by atoms with van der Waals surface area (Å²) in [5.41, 5.74) is 1.88. The maximum absolute atomic E-state index is 14.4. The summed E-state index contributed by atoms with van der Waals surface area (Å²) in [5, 5.41) is 0. The second-order valence-corrected chi connectivity index (χ2v) is 16.4. The van der Waals surface area contributed by atoms with Crippen LogP contribution in [0.4, 0.5) is 17.6 Å². The Bertz CT molecular complexity index is 1930. The van der Waals surface area contributed by atoms with Gasteiger partial charge in [-0.1, -0.05) is 0 Å². The molecule has 0 saturated carbocycles. The van der Waals surface area contributed by atoms with Gasteiger partial charge in [0.15, 0.2) is 23.1 Å². The molecule has 2 aliphatic heterocycles. The molecule has 2 aromatic carbocycles. The molecule has 2 unspecified atom stereocenters. The Kier molecular flexibility index (Phi) is 14.0. The number of ether oxygens (including phenoxy) is 4. The molecule has 2 N–H and O–H groups in total. The van der Waals surface area contributed by atoms with Crippen LogP contribution >= 0.6 is 0 Å². The van der Waals surface area contributed by atoms with Gasteiger partial charge in [0.1, 0.15) is 11.6 Å². The first-order chi connectivity index (χ1) is 25.6. The van der Waals surface area contributed by atoms with Crippen molar-refractivity contribution in [3.63, 3.8) is 0 Å². The van der Waals surface area contributed by atoms with Gasteiger partial charge in [-0.3, -0.25) is 9.97 Å². The number of nitrogens with one attached hydrogen (secondary N) is 2. The average molecular weight is 797 g/mol. The molecule has 2 aromatic heterocycles. The Morgan fingerprint density at radius 2 is 1.06 bits per heavy atom. The van der Waals surface area contributed by atoms with E-state index in [1.165, 1.54) is 48.5 Å². The fourth-order valence-electron chi connectivity index (χ4n) is 5.82. The van der Waals surface area contributed by atoms with Crippen LogP contribution in [-0.4, -0.2) is 91.0 Å². The lowest BCUT2D eigenvalue weighted by Gasteiger charge is -2.31. The minimum Gasteiger partial charge on any atom is -0.490 e. The summed E-state index contributed by atoms with van der Waals surface area (Å²) in [4.78, 5) is 7.84. The van der Waals surface area contributed by atoms with E-state index in [4.69, 9.17) is 18.9 Å². The van der Waals surface area contributed by atoms with Gasteiger partial charge in [0.05, 0.1) is 62.7 Å². The Balaban J connectivity index is 0.000000208. The van der Waals surface area contributed by atoms with Gasteiger partial charge in [-0.15, -0.1) is 0 Å². The zero-order valence-corrected chi connectivity index (χ0v) is 31.0. The second kappa shape index (κ2) is 18.4. The third-order valence-electron chi connectivity index (χ3n) is 8.50. The molecule has 6 rings (SSSR count). The van der Waals surface area contributed by atoms with E-state index in [0.29, 0.717) is 61.8 Å². The van der Waals surface area contributed by atoms with Crippen molar-refractivity contribution >= 4 is 20.0 Å². The lowest BCUT2D eigenvalue weighted by molar-refractivity contribution is 0.0179. The Morgan fingerprint density at radius 3 is 1.39 bits per heavy atom. The highest BCUT2D eigenvalue weighted by atomic mass is 32.2.